The van der Waals surface area contributed by atoms with Crippen LogP contribution < -0.4 is 5.32 Å². The molecule has 162 valence electrons. The molecule has 0 fully saturated rings. The minimum Gasteiger partial charge on any atom is -0.355 e. The summed E-state index contributed by atoms with van der Waals surface area (Å²) in [6.45, 7) is 0. The molecule has 0 aliphatic heterocycles. The van der Waals surface area contributed by atoms with Gasteiger partial charge >= 0.3 is 5.69 Å². The lowest BCUT2D eigenvalue weighted by atomic mass is 10.1. The molecule has 0 spiro atoms. The Balaban J connectivity index is 0.000000165. The molecule has 0 saturated carbocycles. The summed E-state index contributed by atoms with van der Waals surface area (Å²) in [5.74, 6) is 0. The van der Waals surface area contributed by atoms with E-state index in [9.17, 15) is 8.42 Å². The van der Waals surface area contributed by atoms with Crippen LogP contribution in [-0.2, 0) is 10.1 Å². The molecule has 0 aliphatic carbocycles. The molecule has 0 heterocycles. The largest absolute Gasteiger partial charge is 0.392 e. The van der Waals surface area contributed by atoms with Crippen molar-refractivity contribution in [1.82, 2.24) is 0 Å². The summed E-state index contributed by atoms with van der Waals surface area (Å²) in [7, 11) is -4.13. The van der Waals surface area contributed by atoms with E-state index in [0.717, 1.165) is 27.5 Å². The van der Waals surface area contributed by atoms with Gasteiger partial charge in [-0.1, -0.05) is 72.8 Å². The number of hydrogen-bond acceptors (Lipinski definition) is 4. The second-order valence-corrected chi connectivity index (χ2v) is 8.61. The summed E-state index contributed by atoms with van der Waals surface area (Å²) in [4.78, 5) is 3.27. The quantitative estimate of drug-likeness (QED) is 0.223. The molecule has 0 aliphatic rings. The molecule has 33 heavy (non-hydrogen) atoms. The highest BCUT2D eigenvalue weighted by Crippen LogP contribution is 2.33. The van der Waals surface area contributed by atoms with Crippen LogP contribution >= 0.6 is 0 Å². The molecule has 0 unspecified atom stereocenters. The van der Waals surface area contributed by atoms with E-state index >= 15 is 0 Å². The van der Waals surface area contributed by atoms with Gasteiger partial charge in [0.25, 0.3) is 10.1 Å². The lowest BCUT2D eigenvalue weighted by Gasteiger charge is -2.08. The number of diazo groups is 1. The molecule has 2 N–H and O–H groups in total. The number of anilines is 2. The van der Waals surface area contributed by atoms with Crippen molar-refractivity contribution in [2.75, 3.05) is 5.32 Å². The van der Waals surface area contributed by atoms with Crippen LogP contribution in [0.2, 0.25) is 0 Å². The summed E-state index contributed by atoms with van der Waals surface area (Å²) in [5, 5.41) is 15.7. The van der Waals surface area contributed by atoms with Gasteiger partial charge in [-0.25, -0.2) is 0 Å². The fraction of sp³-hybridized carbons (Fsp3) is 0. The highest BCUT2D eigenvalue weighted by molar-refractivity contribution is 7.86. The van der Waals surface area contributed by atoms with Gasteiger partial charge in [-0.2, -0.15) is 8.42 Å². The predicted octanol–water partition coefficient (Wildman–Crippen LogP) is 7.15. The molecular weight excluding hydrogens is 434 g/mol. The van der Waals surface area contributed by atoms with Crippen LogP contribution in [0.3, 0.4) is 0 Å². The third-order valence-electron chi connectivity index (χ3n) is 5.09. The second-order valence-electron chi connectivity index (χ2n) is 7.22. The van der Waals surface area contributed by atoms with Gasteiger partial charge in [0, 0.05) is 28.2 Å². The maximum Gasteiger partial charge on any atom is 0.392 e. The Morgan fingerprint density at radius 3 is 1.97 bits per heavy atom. The van der Waals surface area contributed by atoms with Crippen molar-refractivity contribution in [2.24, 2.45) is 0 Å². The minimum absolute atomic E-state index is 0.0457. The first-order valence-electron chi connectivity index (χ1n) is 10.1. The number of hydrogen-bond donors (Lipinski definition) is 2. The Labute approximate surface area is 191 Å². The zero-order valence-electron chi connectivity index (χ0n) is 17.5. The molecule has 5 rings (SSSR count). The molecule has 0 atom stereocenters. The van der Waals surface area contributed by atoms with Crippen molar-refractivity contribution in [1.29, 1.82) is 5.39 Å². The van der Waals surface area contributed by atoms with E-state index in [1.807, 2.05) is 66.7 Å². The van der Waals surface area contributed by atoms with Crippen molar-refractivity contribution in [2.45, 2.75) is 4.90 Å². The Morgan fingerprint density at radius 1 is 0.667 bits per heavy atom. The molecule has 0 saturated heterocycles. The van der Waals surface area contributed by atoms with Crippen molar-refractivity contribution in [3.63, 3.8) is 0 Å². The van der Waals surface area contributed by atoms with Gasteiger partial charge in [0.1, 0.15) is 4.90 Å². The number of fused-ring (bicyclic) bond motifs is 2. The Hall–Kier alpha value is -4.25. The highest BCUT2D eigenvalue weighted by Gasteiger charge is 2.14. The normalized spacial score (nSPS) is 10.8. The van der Waals surface area contributed by atoms with E-state index < -0.39 is 10.1 Å². The third kappa shape index (κ3) is 4.99. The van der Waals surface area contributed by atoms with E-state index in [0.29, 0.717) is 11.1 Å². The van der Waals surface area contributed by atoms with Gasteiger partial charge in [-0.05, 0) is 35.7 Å². The Morgan fingerprint density at radius 2 is 1.27 bits per heavy atom. The van der Waals surface area contributed by atoms with Crippen LogP contribution in [0, 0.1) is 5.39 Å². The molecule has 0 radical (unpaired) electrons. The summed E-state index contributed by atoms with van der Waals surface area (Å²) < 4.78 is 31.0. The number of benzene rings is 5. The molecule has 5 aromatic carbocycles. The monoisotopic (exact) mass is 454 g/mol. The second kappa shape index (κ2) is 9.49. The maximum absolute atomic E-state index is 11.0. The summed E-state index contributed by atoms with van der Waals surface area (Å²) in [5.41, 5.74) is 2.60. The summed E-state index contributed by atoms with van der Waals surface area (Å²) in [6, 6.07) is 33.4. The third-order valence-corrected chi connectivity index (χ3v) is 6.00. The van der Waals surface area contributed by atoms with E-state index in [4.69, 9.17) is 9.95 Å². The Kier molecular flexibility index (Phi) is 6.31. The van der Waals surface area contributed by atoms with Crippen LogP contribution in [0.1, 0.15) is 0 Å². The van der Waals surface area contributed by atoms with E-state index in [1.54, 1.807) is 36.4 Å². The zero-order chi connectivity index (χ0) is 23.3. The number of rotatable bonds is 3. The SMILES string of the molecule is N#[N+]c1ccc(Nc2ccccc2)c2ccccc12.O=S(=O)(O)c1cccc2ccccc12. The standard InChI is InChI=1S/C16H12N3.C10H8O3S/c17-19-16-11-10-15(13-8-4-5-9-14(13)16)18-12-6-2-1-3-7-12;11-14(12,13)10-7-3-5-8-4-1-2-6-9(8)10/h1-11,18H;1-7H,(H,11,12,13)/q+1;. The van der Waals surface area contributed by atoms with Crippen LogP contribution in [0.5, 0.6) is 0 Å². The first-order valence-corrected chi connectivity index (χ1v) is 11.6. The number of nitrogens with zero attached hydrogens (tertiary/aromatic N) is 2. The first-order chi connectivity index (χ1) is 16.0. The topological polar surface area (TPSA) is 94.5 Å². The van der Waals surface area contributed by atoms with Crippen LogP contribution in [0.4, 0.5) is 17.1 Å². The smallest absolute Gasteiger partial charge is 0.355 e. The zero-order valence-corrected chi connectivity index (χ0v) is 18.3. The average Bonchev–Trinajstić information content (AvgIpc) is 2.84. The molecule has 0 aromatic heterocycles. The molecule has 5 aromatic rings. The first kappa shape index (κ1) is 22.0. The predicted molar refractivity (Wildman–Crippen MR) is 132 cm³/mol. The van der Waals surface area contributed by atoms with Crippen molar-refractivity contribution in [3.8, 4) is 0 Å². The molecule has 0 amide bonds. The van der Waals surface area contributed by atoms with Crippen LogP contribution in [0.15, 0.2) is 114 Å². The van der Waals surface area contributed by atoms with Gasteiger partial charge in [0.05, 0.1) is 5.39 Å². The van der Waals surface area contributed by atoms with Crippen LogP contribution in [-0.4, -0.2) is 13.0 Å². The van der Waals surface area contributed by atoms with Gasteiger partial charge in [-0.15, -0.1) is 0 Å². The summed E-state index contributed by atoms with van der Waals surface area (Å²) in [6.07, 6.45) is 0. The van der Waals surface area contributed by atoms with Crippen molar-refractivity contribution < 1.29 is 13.0 Å². The fourth-order valence-electron chi connectivity index (χ4n) is 3.58. The lowest BCUT2D eigenvalue weighted by molar-refractivity contribution is 0.484. The maximum atomic E-state index is 11.0. The van der Waals surface area contributed by atoms with Crippen molar-refractivity contribution >= 4 is 48.7 Å². The van der Waals surface area contributed by atoms with E-state index in [1.165, 1.54) is 6.07 Å². The Bertz CT molecular complexity index is 1570. The molecule has 6 nitrogen and oxygen atoms in total. The highest BCUT2D eigenvalue weighted by atomic mass is 32.2. The van der Waals surface area contributed by atoms with E-state index in [-0.39, 0.29) is 4.90 Å². The van der Waals surface area contributed by atoms with Gasteiger partial charge in [-0.3, -0.25) is 4.55 Å². The van der Waals surface area contributed by atoms with Gasteiger partial charge in [0.2, 0.25) is 5.39 Å². The van der Waals surface area contributed by atoms with Crippen LogP contribution in [0.25, 0.3) is 26.5 Å². The molecular formula is C26H20N3O3S+. The molecule has 7 heteroatoms. The lowest BCUT2D eigenvalue weighted by Crippen LogP contribution is -1.98. The fourth-order valence-corrected chi connectivity index (χ4v) is 4.29. The van der Waals surface area contributed by atoms with Gasteiger partial charge < -0.3 is 5.32 Å². The van der Waals surface area contributed by atoms with Gasteiger partial charge in [0.15, 0.2) is 4.98 Å². The van der Waals surface area contributed by atoms with Crippen molar-refractivity contribution in [3.05, 3.63) is 114 Å². The molecule has 0 bridgehead atoms. The minimum atomic E-state index is -4.13. The average molecular weight is 455 g/mol. The van der Waals surface area contributed by atoms with E-state index in [2.05, 4.69) is 10.3 Å². The number of nitrogens with one attached hydrogen (secondary N) is 1. The number of para-hydroxylation sites is 1. The summed E-state index contributed by atoms with van der Waals surface area (Å²) >= 11 is 0.